The van der Waals surface area contributed by atoms with Crippen molar-refractivity contribution < 1.29 is 14.6 Å². The van der Waals surface area contributed by atoms with Gasteiger partial charge in [-0.2, -0.15) is 0 Å². The molecule has 2 aromatic carbocycles. The fourth-order valence-electron chi connectivity index (χ4n) is 2.08. The van der Waals surface area contributed by atoms with E-state index in [0.29, 0.717) is 22.8 Å². The van der Waals surface area contributed by atoms with Gasteiger partial charge in [-0.05, 0) is 30.3 Å². The van der Waals surface area contributed by atoms with E-state index in [4.69, 9.17) is 15.6 Å². The lowest BCUT2D eigenvalue weighted by Crippen LogP contribution is -2.10. The molecule has 21 heavy (non-hydrogen) atoms. The molecule has 0 aliphatic rings. The summed E-state index contributed by atoms with van der Waals surface area (Å²) in [5.74, 6) is -0.0306. The van der Waals surface area contributed by atoms with E-state index >= 15 is 0 Å². The molecule has 3 aromatic rings. The number of fused-ring (bicyclic) bond motifs is 1. The molecular formula is C15H13N3O3. The Kier molecular flexibility index (Phi) is 3.19. The molecule has 0 radical (unpaired) electrons. The molecule has 6 heteroatoms. The average Bonchev–Trinajstić information content (AvgIpc) is 2.89. The van der Waals surface area contributed by atoms with Crippen LogP contribution in [0.1, 0.15) is 0 Å². The number of ether oxygens (including phenoxy) is 1. The highest BCUT2D eigenvalue weighted by atomic mass is 16.5. The van der Waals surface area contributed by atoms with Crippen molar-refractivity contribution in [1.29, 1.82) is 0 Å². The van der Waals surface area contributed by atoms with E-state index in [-0.39, 0.29) is 0 Å². The van der Waals surface area contributed by atoms with E-state index in [9.17, 15) is 4.79 Å². The van der Waals surface area contributed by atoms with E-state index in [1.807, 2.05) is 24.3 Å². The Labute approximate surface area is 120 Å². The Morgan fingerprint density at radius 1 is 1.29 bits per heavy atom. The maximum Gasteiger partial charge on any atom is 0.341 e. The van der Waals surface area contributed by atoms with Gasteiger partial charge in [0.25, 0.3) is 0 Å². The van der Waals surface area contributed by atoms with Gasteiger partial charge in [-0.15, -0.1) is 0 Å². The van der Waals surface area contributed by atoms with Crippen LogP contribution in [0.15, 0.2) is 42.5 Å². The van der Waals surface area contributed by atoms with Crippen LogP contribution in [-0.4, -0.2) is 27.7 Å². The minimum Gasteiger partial charge on any atom is -0.481 e. The number of anilines is 1. The van der Waals surface area contributed by atoms with Crippen LogP contribution in [-0.2, 0) is 4.79 Å². The molecule has 4 N–H and O–H groups in total. The van der Waals surface area contributed by atoms with Gasteiger partial charge >= 0.3 is 5.97 Å². The highest BCUT2D eigenvalue weighted by Gasteiger charge is 2.12. The van der Waals surface area contributed by atoms with Gasteiger partial charge in [-0.3, -0.25) is 0 Å². The maximum atomic E-state index is 10.7. The summed E-state index contributed by atoms with van der Waals surface area (Å²) in [5.41, 5.74) is 8.69. The number of nitrogen functional groups attached to an aromatic ring is 1. The van der Waals surface area contributed by atoms with E-state index in [2.05, 4.69) is 9.97 Å². The number of imidazole rings is 1. The fourth-order valence-corrected chi connectivity index (χ4v) is 2.08. The normalized spacial score (nSPS) is 10.7. The number of nitrogens with zero attached hydrogens (tertiary/aromatic N) is 1. The summed E-state index contributed by atoms with van der Waals surface area (Å²) in [6.45, 7) is -0.419. The predicted molar refractivity (Wildman–Crippen MR) is 79.1 cm³/mol. The number of hydrogen-bond donors (Lipinski definition) is 3. The first-order valence-corrected chi connectivity index (χ1v) is 6.33. The molecule has 0 saturated heterocycles. The zero-order valence-corrected chi connectivity index (χ0v) is 11.0. The molecule has 1 aromatic heterocycles. The monoisotopic (exact) mass is 283 g/mol. The summed E-state index contributed by atoms with van der Waals surface area (Å²) in [6, 6.07) is 12.6. The number of aromatic nitrogens is 2. The van der Waals surface area contributed by atoms with E-state index in [1.54, 1.807) is 18.2 Å². The minimum atomic E-state index is -1.04. The topological polar surface area (TPSA) is 101 Å². The summed E-state index contributed by atoms with van der Waals surface area (Å²) in [5, 5.41) is 8.73. The molecule has 0 atom stereocenters. The molecule has 0 aliphatic carbocycles. The van der Waals surface area contributed by atoms with Crippen LogP contribution in [0.2, 0.25) is 0 Å². The number of carboxylic acid groups (broad SMARTS) is 1. The van der Waals surface area contributed by atoms with Gasteiger partial charge < -0.3 is 20.6 Å². The number of nitrogens with one attached hydrogen (secondary N) is 1. The molecule has 0 aliphatic heterocycles. The third kappa shape index (κ3) is 2.64. The number of para-hydroxylation sites is 2. The second-order valence-electron chi connectivity index (χ2n) is 4.54. The summed E-state index contributed by atoms with van der Waals surface area (Å²) in [7, 11) is 0. The minimum absolute atomic E-state index is 0.419. The third-order valence-corrected chi connectivity index (χ3v) is 3.00. The molecule has 0 spiro atoms. The Balaban J connectivity index is 2.06. The summed E-state index contributed by atoms with van der Waals surface area (Å²) in [4.78, 5) is 18.3. The van der Waals surface area contributed by atoms with E-state index in [0.717, 1.165) is 11.0 Å². The van der Waals surface area contributed by atoms with Gasteiger partial charge in [0.15, 0.2) is 6.61 Å². The first kappa shape index (κ1) is 13.0. The smallest absolute Gasteiger partial charge is 0.341 e. The van der Waals surface area contributed by atoms with Crippen LogP contribution in [0.25, 0.3) is 22.4 Å². The molecule has 1 heterocycles. The standard InChI is InChI=1S/C15H13N3O3/c16-9-5-6-13(21-8-14(19)20)10(7-9)15-17-11-3-1-2-4-12(11)18-15/h1-7H,8,16H2,(H,17,18)(H,19,20). The SMILES string of the molecule is Nc1ccc(OCC(=O)O)c(-c2nc3ccccc3[nH]2)c1. The first-order chi connectivity index (χ1) is 10.1. The number of carboxylic acids is 1. The van der Waals surface area contributed by atoms with Crippen LogP contribution in [0.5, 0.6) is 5.75 Å². The average molecular weight is 283 g/mol. The van der Waals surface area contributed by atoms with Crippen molar-refractivity contribution in [3.05, 3.63) is 42.5 Å². The Morgan fingerprint density at radius 2 is 2.10 bits per heavy atom. The van der Waals surface area contributed by atoms with Crippen LogP contribution in [0.4, 0.5) is 5.69 Å². The number of aromatic amines is 1. The molecule has 6 nitrogen and oxygen atoms in total. The van der Waals surface area contributed by atoms with Crippen molar-refractivity contribution in [2.75, 3.05) is 12.3 Å². The highest BCUT2D eigenvalue weighted by molar-refractivity contribution is 5.81. The number of H-pyrrole nitrogens is 1. The van der Waals surface area contributed by atoms with Crippen LogP contribution >= 0.6 is 0 Å². The second kappa shape index (κ2) is 5.16. The molecule has 0 saturated carbocycles. The molecule has 106 valence electrons. The Morgan fingerprint density at radius 3 is 2.86 bits per heavy atom. The second-order valence-corrected chi connectivity index (χ2v) is 4.54. The van der Waals surface area contributed by atoms with Crippen LogP contribution in [0.3, 0.4) is 0 Å². The van der Waals surface area contributed by atoms with Crippen molar-refractivity contribution in [3.8, 4) is 17.1 Å². The zero-order valence-electron chi connectivity index (χ0n) is 11.0. The summed E-state index contributed by atoms with van der Waals surface area (Å²) >= 11 is 0. The van der Waals surface area contributed by atoms with Gasteiger partial charge in [0.1, 0.15) is 11.6 Å². The zero-order chi connectivity index (χ0) is 14.8. The highest BCUT2D eigenvalue weighted by Crippen LogP contribution is 2.31. The molecular weight excluding hydrogens is 270 g/mol. The molecule has 0 fully saturated rings. The lowest BCUT2D eigenvalue weighted by molar-refractivity contribution is -0.139. The molecule has 0 bridgehead atoms. The molecule has 0 unspecified atom stereocenters. The van der Waals surface area contributed by atoms with Gasteiger partial charge in [-0.1, -0.05) is 12.1 Å². The Bertz CT molecular complexity index is 778. The van der Waals surface area contributed by atoms with Crippen molar-refractivity contribution in [3.63, 3.8) is 0 Å². The number of aliphatic carboxylic acids is 1. The van der Waals surface area contributed by atoms with Crippen molar-refractivity contribution >= 4 is 22.7 Å². The summed E-state index contributed by atoms with van der Waals surface area (Å²) < 4.78 is 5.29. The number of hydrogen-bond acceptors (Lipinski definition) is 4. The summed E-state index contributed by atoms with van der Waals surface area (Å²) in [6.07, 6.45) is 0. The lowest BCUT2D eigenvalue weighted by Gasteiger charge is -2.09. The maximum absolute atomic E-state index is 10.7. The third-order valence-electron chi connectivity index (χ3n) is 3.00. The number of benzene rings is 2. The first-order valence-electron chi connectivity index (χ1n) is 6.33. The van der Waals surface area contributed by atoms with E-state index < -0.39 is 12.6 Å². The van der Waals surface area contributed by atoms with Gasteiger partial charge in [-0.25, -0.2) is 9.78 Å². The van der Waals surface area contributed by atoms with Gasteiger partial charge in [0.2, 0.25) is 0 Å². The van der Waals surface area contributed by atoms with Crippen LogP contribution in [0, 0.1) is 0 Å². The van der Waals surface area contributed by atoms with Gasteiger partial charge in [0.05, 0.1) is 16.6 Å². The number of nitrogens with two attached hydrogens (primary N) is 1. The van der Waals surface area contributed by atoms with Crippen molar-refractivity contribution in [2.24, 2.45) is 0 Å². The fraction of sp³-hybridized carbons (Fsp3) is 0.0667. The van der Waals surface area contributed by atoms with Crippen molar-refractivity contribution in [2.45, 2.75) is 0 Å². The van der Waals surface area contributed by atoms with Gasteiger partial charge in [0, 0.05) is 5.69 Å². The number of carbonyl (C=O) groups is 1. The predicted octanol–water partition coefficient (Wildman–Crippen LogP) is 2.28. The van der Waals surface area contributed by atoms with E-state index in [1.165, 1.54) is 0 Å². The quantitative estimate of drug-likeness (QED) is 0.638. The lowest BCUT2D eigenvalue weighted by atomic mass is 10.1. The number of rotatable bonds is 4. The molecule has 3 rings (SSSR count). The van der Waals surface area contributed by atoms with Crippen molar-refractivity contribution in [1.82, 2.24) is 9.97 Å². The van der Waals surface area contributed by atoms with Crippen LogP contribution < -0.4 is 10.5 Å². The molecule has 0 amide bonds. The Hall–Kier alpha value is -3.02. The largest absolute Gasteiger partial charge is 0.481 e.